The van der Waals surface area contributed by atoms with Crippen molar-refractivity contribution < 1.29 is 14.3 Å². The molecule has 1 aliphatic rings. The molecule has 0 aliphatic heterocycles. The van der Waals surface area contributed by atoms with Crippen LogP contribution in [0.5, 0.6) is 5.75 Å². The lowest BCUT2D eigenvalue weighted by atomic mass is 9.93. The second-order valence-corrected chi connectivity index (χ2v) is 5.32. The number of hydrogen-bond donors (Lipinski definition) is 2. The molecule has 0 bridgehead atoms. The Morgan fingerprint density at radius 3 is 2.62 bits per heavy atom. The number of carbonyl (C=O) groups excluding carboxylic acids is 1. The summed E-state index contributed by atoms with van der Waals surface area (Å²) in [6.45, 7) is 0.0902. The maximum Gasteiger partial charge on any atom is 0.250 e. The van der Waals surface area contributed by atoms with E-state index in [2.05, 4.69) is 10.6 Å². The molecule has 0 heterocycles. The zero-order chi connectivity index (χ0) is 15.1. The number of amides is 1. The Morgan fingerprint density at radius 1 is 1.24 bits per heavy atom. The first-order valence-corrected chi connectivity index (χ1v) is 7.44. The van der Waals surface area contributed by atoms with Gasteiger partial charge in [-0.15, -0.1) is 0 Å². The molecule has 1 saturated carbocycles. The van der Waals surface area contributed by atoms with Crippen LogP contribution in [0, 0.1) is 0 Å². The van der Waals surface area contributed by atoms with Gasteiger partial charge in [0.15, 0.2) is 0 Å². The van der Waals surface area contributed by atoms with Gasteiger partial charge in [-0.1, -0.05) is 12.1 Å². The minimum atomic E-state index is -0.143. The van der Waals surface area contributed by atoms with Crippen LogP contribution in [-0.4, -0.2) is 38.8 Å². The van der Waals surface area contributed by atoms with Crippen molar-refractivity contribution in [2.75, 3.05) is 26.1 Å². The van der Waals surface area contributed by atoms with E-state index in [0.717, 1.165) is 25.7 Å². The number of anilines is 1. The van der Waals surface area contributed by atoms with E-state index >= 15 is 0 Å². The molecule has 0 atom stereocenters. The number of ether oxygens (including phenoxy) is 2. The van der Waals surface area contributed by atoms with Crippen molar-refractivity contribution in [2.45, 2.75) is 37.8 Å². The zero-order valence-electron chi connectivity index (χ0n) is 12.7. The Kier molecular flexibility index (Phi) is 6.02. The number of rotatable bonds is 6. The highest BCUT2D eigenvalue weighted by atomic mass is 16.5. The second-order valence-electron chi connectivity index (χ2n) is 5.32. The number of benzene rings is 1. The second kappa shape index (κ2) is 8.00. The van der Waals surface area contributed by atoms with Crippen LogP contribution in [0.25, 0.3) is 0 Å². The van der Waals surface area contributed by atoms with Gasteiger partial charge in [-0.05, 0) is 44.9 Å². The number of nitrogens with one attached hydrogen (secondary N) is 2. The lowest BCUT2D eigenvalue weighted by molar-refractivity contribution is -0.123. The summed E-state index contributed by atoms with van der Waals surface area (Å²) in [6.07, 6.45) is 4.42. The van der Waals surface area contributed by atoms with E-state index in [1.165, 1.54) is 0 Å². The van der Waals surface area contributed by atoms with Crippen LogP contribution in [0.3, 0.4) is 0 Å². The van der Waals surface area contributed by atoms with Gasteiger partial charge in [-0.25, -0.2) is 0 Å². The number of methoxy groups -OCH3 is 1. The Labute approximate surface area is 126 Å². The molecule has 0 saturated heterocycles. The molecule has 0 radical (unpaired) electrons. The van der Waals surface area contributed by atoms with Gasteiger partial charge in [-0.2, -0.15) is 0 Å². The van der Waals surface area contributed by atoms with Crippen molar-refractivity contribution in [3.63, 3.8) is 0 Å². The fraction of sp³-hybridized carbons (Fsp3) is 0.562. The average molecular weight is 292 g/mol. The molecule has 116 valence electrons. The number of para-hydroxylation sites is 2. The minimum absolute atomic E-state index is 0.0902. The summed E-state index contributed by atoms with van der Waals surface area (Å²) in [4.78, 5) is 11.9. The van der Waals surface area contributed by atoms with E-state index in [9.17, 15) is 4.79 Å². The van der Waals surface area contributed by atoms with E-state index in [-0.39, 0.29) is 18.6 Å². The molecule has 1 amide bonds. The van der Waals surface area contributed by atoms with Crippen molar-refractivity contribution in [3.8, 4) is 5.75 Å². The quantitative estimate of drug-likeness (QED) is 0.844. The van der Waals surface area contributed by atoms with Gasteiger partial charge < -0.3 is 20.1 Å². The predicted octanol–water partition coefficient (Wildman–Crippen LogP) is 2.18. The summed E-state index contributed by atoms with van der Waals surface area (Å²) < 4.78 is 10.9. The number of carbonyl (C=O) groups is 1. The van der Waals surface area contributed by atoms with Crippen LogP contribution in [-0.2, 0) is 9.53 Å². The standard InChI is InChI=1S/C16H24N2O3/c1-17-12-7-9-13(10-8-12)21-11-16(19)18-14-5-3-4-6-15(14)20-2/h3-6,12-13,17H,7-11H2,1-2H3,(H,18,19). The van der Waals surface area contributed by atoms with E-state index in [0.29, 0.717) is 17.5 Å². The molecule has 5 nitrogen and oxygen atoms in total. The summed E-state index contributed by atoms with van der Waals surface area (Å²) in [7, 11) is 3.58. The molecule has 2 rings (SSSR count). The third-order valence-electron chi connectivity index (χ3n) is 3.91. The van der Waals surface area contributed by atoms with E-state index in [4.69, 9.17) is 9.47 Å². The largest absolute Gasteiger partial charge is 0.495 e. The van der Waals surface area contributed by atoms with Crippen LogP contribution < -0.4 is 15.4 Å². The first-order chi connectivity index (χ1) is 10.2. The Hall–Kier alpha value is -1.59. The topological polar surface area (TPSA) is 59.6 Å². The lowest BCUT2D eigenvalue weighted by Crippen LogP contribution is -2.34. The van der Waals surface area contributed by atoms with Crippen LogP contribution in [0.2, 0.25) is 0 Å². The summed E-state index contributed by atoms with van der Waals surface area (Å²) in [5, 5.41) is 6.11. The molecule has 5 heteroatoms. The van der Waals surface area contributed by atoms with Crippen LogP contribution in [0.1, 0.15) is 25.7 Å². The average Bonchev–Trinajstić information content (AvgIpc) is 2.54. The minimum Gasteiger partial charge on any atom is -0.495 e. The third kappa shape index (κ3) is 4.72. The molecular formula is C16H24N2O3. The highest BCUT2D eigenvalue weighted by molar-refractivity contribution is 5.93. The van der Waals surface area contributed by atoms with Crippen molar-refractivity contribution in [1.82, 2.24) is 5.32 Å². The molecule has 1 aromatic rings. The first-order valence-electron chi connectivity index (χ1n) is 7.44. The van der Waals surface area contributed by atoms with Crippen molar-refractivity contribution in [2.24, 2.45) is 0 Å². The summed E-state index contributed by atoms with van der Waals surface area (Å²) in [5.74, 6) is 0.510. The van der Waals surface area contributed by atoms with E-state index in [1.54, 1.807) is 7.11 Å². The molecular weight excluding hydrogens is 268 g/mol. The molecule has 1 aromatic carbocycles. The van der Waals surface area contributed by atoms with Gasteiger partial charge in [0.1, 0.15) is 12.4 Å². The lowest BCUT2D eigenvalue weighted by Gasteiger charge is -2.28. The predicted molar refractivity (Wildman–Crippen MR) is 82.7 cm³/mol. The maximum absolute atomic E-state index is 11.9. The zero-order valence-corrected chi connectivity index (χ0v) is 12.7. The van der Waals surface area contributed by atoms with Crippen LogP contribution in [0.4, 0.5) is 5.69 Å². The molecule has 1 fully saturated rings. The van der Waals surface area contributed by atoms with Gasteiger partial charge >= 0.3 is 0 Å². The first kappa shape index (κ1) is 15.8. The molecule has 2 N–H and O–H groups in total. The molecule has 21 heavy (non-hydrogen) atoms. The van der Waals surface area contributed by atoms with Crippen LogP contribution in [0.15, 0.2) is 24.3 Å². The third-order valence-corrected chi connectivity index (χ3v) is 3.91. The molecule has 0 aromatic heterocycles. The molecule has 1 aliphatic carbocycles. The normalized spacial score (nSPS) is 21.8. The summed E-state index contributed by atoms with van der Waals surface area (Å²) >= 11 is 0. The van der Waals surface area contributed by atoms with Crippen molar-refractivity contribution >= 4 is 11.6 Å². The van der Waals surface area contributed by atoms with Crippen molar-refractivity contribution in [1.29, 1.82) is 0 Å². The highest BCUT2D eigenvalue weighted by Crippen LogP contribution is 2.23. The SMILES string of the molecule is CNC1CCC(OCC(=O)Nc2ccccc2OC)CC1. The Balaban J connectivity index is 1.75. The van der Waals surface area contributed by atoms with E-state index in [1.807, 2.05) is 31.3 Å². The smallest absolute Gasteiger partial charge is 0.250 e. The molecule has 0 unspecified atom stereocenters. The Morgan fingerprint density at radius 2 is 1.95 bits per heavy atom. The Bertz CT molecular complexity index is 457. The van der Waals surface area contributed by atoms with Crippen molar-refractivity contribution in [3.05, 3.63) is 24.3 Å². The highest BCUT2D eigenvalue weighted by Gasteiger charge is 2.21. The summed E-state index contributed by atoms with van der Waals surface area (Å²) in [5.41, 5.74) is 0.674. The molecule has 0 spiro atoms. The fourth-order valence-electron chi connectivity index (χ4n) is 2.65. The van der Waals surface area contributed by atoms with Gasteiger partial charge in [0.05, 0.1) is 18.9 Å². The maximum atomic E-state index is 11.9. The van der Waals surface area contributed by atoms with Gasteiger partial charge in [0, 0.05) is 6.04 Å². The fourth-order valence-corrected chi connectivity index (χ4v) is 2.65. The monoisotopic (exact) mass is 292 g/mol. The van der Waals surface area contributed by atoms with Gasteiger partial charge in [-0.3, -0.25) is 4.79 Å². The number of hydrogen-bond acceptors (Lipinski definition) is 4. The van der Waals surface area contributed by atoms with E-state index < -0.39 is 0 Å². The van der Waals surface area contributed by atoms with Gasteiger partial charge in [0.25, 0.3) is 0 Å². The summed E-state index contributed by atoms with van der Waals surface area (Å²) in [6, 6.07) is 7.94. The van der Waals surface area contributed by atoms with Gasteiger partial charge in [0.2, 0.25) is 5.91 Å². The van der Waals surface area contributed by atoms with Crippen LogP contribution >= 0.6 is 0 Å².